The lowest BCUT2D eigenvalue weighted by Gasteiger charge is -2.34. The predicted octanol–water partition coefficient (Wildman–Crippen LogP) is 3.70. The second kappa shape index (κ2) is 6.74. The maximum atomic E-state index is 6.22. The van der Waals surface area contributed by atoms with E-state index < -0.39 is 0 Å². The van der Waals surface area contributed by atoms with E-state index in [9.17, 15) is 0 Å². The van der Waals surface area contributed by atoms with E-state index in [1.165, 1.54) is 0 Å². The summed E-state index contributed by atoms with van der Waals surface area (Å²) in [5.41, 5.74) is 7.91. The number of rotatable bonds is 5. The standard InChI is InChI=1S/C16H19N5OS.ClH/c1-10(14-18-11-5-2-3-6-12(11)19-14)23-9-13-20-15(21-22-13)16(17)7-4-8-16;/h2-3,5-6,10H,4,7-9,17H2,1H3,(H,18,19);1H. The monoisotopic (exact) mass is 365 g/mol. The van der Waals surface area contributed by atoms with Gasteiger partial charge in [-0.25, -0.2) is 4.98 Å². The number of imidazole rings is 1. The molecule has 0 bridgehead atoms. The molecule has 8 heteroatoms. The highest BCUT2D eigenvalue weighted by atomic mass is 35.5. The fourth-order valence-corrected chi connectivity index (χ4v) is 3.52. The van der Waals surface area contributed by atoms with E-state index in [1.807, 2.05) is 24.3 Å². The third-order valence-corrected chi connectivity index (χ3v) is 5.55. The number of aromatic amines is 1. The number of hydrogen-bond donors (Lipinski definition) is 2. The number of benzene rings is 1. The van der Waals surface area contributed by atoms with Gasteiger partial charge in [-0.3, -0.25) is 0 Å². The number of nitrogens with two attached hydrogens (primary N) is 1. The van der Waals surface area contributed by atoms with Crippen LogP contribution >= 0.6 is 24.2 Å². The molecule has 128 valence electrons. The summed E-state index contributed by atoms with van der Waals surface area (Å²) in [4.78, 5) is 12.4. The molecule has 2 aromatic heterocycles. The SMILES string of the molecule is CC(SCc1nc(C2(N)CCC2)no1)c1nc2ccccc2[nH]1.Cl. The van der Waals surface area contributed by atoms with E-state index in [-0.39, 0.29) is 23.2 Å². The minimum atomic E-state index is -0.364. The van der Waals surface area contributed by atoms with Gasteiger partial charge < -0.3 is 15.2 Å². The van der Waals surface area contributed by atoms with Crippen LogP contribution in [0.5, 0.6) is 0 Å². The third-order valence-electron chi connectivity index (χ3n) is 4.41. The second-order valence-electron chi connectivity index (χ2n) is 6.11. The molecule has 0 saturated heterocycles. The van der Waals surface area contributed by atoms with Gasteiger partial charge in [0, 0.05) is 0 Å². The van der Waals surface area contributed by atoms with Crippen molar-refractivity contribution < 1.29 is 4.52 Å². The maximum Gasteiger partial charge on any atom is 0.236 e. The molecule has 24 heavy (non-hydrogen) atoms. The fourth-order valence-electron chi connectivity index (χ4n) is 2.74. The molecule has 1 unspecified atom stereocenters. The number of hydrogen-bond acceptors (Lipinski definition) is 6. The zero-order chi connectivity index (χ0) is 15.9. The van der Waals surface area contributed by atoms with Crippen LogP contribution in [0, 0.1) is 0 Å². The van der Waals surface area contributed by atoms with Gasteiger partial charge in [0.1, 0.15) is 5.82 Å². The Balaban J connectivity index is 0.00000169. The Labute approximate surface area is 150 Å². The first-order chi connectivity index (χ1) is 11.1. The number of para-hydroxylation sites is 2. The van der Waals surface area contributed by atoms with Crippen LogP contribution in [0.2, 0.25) is 0 Å². The van der Waals surface area contributed by atoms with Crippen molar-refractivity contribution in [1.29, 1.82) is 0 Å². The van der Waals surface area contributed by atoms with Crippen LogP contribution in [0.4, 0.5) is 0 Å². The Bertz CT molecular complexity index is 796. The van der Waals surface area contributed by atoms with Crippen LogP contribution in [-0.2, 0) is 11.3 Å². The van der Waals surface area contributed by atoms with Gasteiger partial charge in [-0.1, -0.05) is 17.3 Å². The Morgan fingerprint density at radius 1 is 1.33 bits per heavy atom. The maximum absolute atomic E-state index is 6.22. The molecule has 0 radical (unpaired) electrons. The Morgan fingerprint density at radius 3 is 2.83 bits per heavy atom. The largest absolute Gasteiger partial charge is 0.341 e. The van der Waals surface area contributed by atoms with E-state index in [0.717, 1.165) is 36.1 Å². The highest BCUT2D eigenvalue weighted by Gasteiger charge is 2.38. The summed E-state index contributed by atoms with van der Waals surface area (Å²) < 4.78 is 5.34. The van der Waals surface area contributed by atoms with Crippen molar-refractivity contribution >= 4 is 35.2 Å². The molecule has 0 spiro atoms. The summed E-state index contributed by atoms with van der Waals surface area (Å²) in [5.74, 6) is 2.90. The van der Waals surface area contributed by atoms with Crippen molar-refractivity contribution in [2.24, 2.45) is 5.73 Å². The van der Waals surface area contributed by atoms with Gasteiger partial charge >= 0.3 is 0 Å². The molecule has 1 fully saturated rings. The molecule has 2 heterocycles. The van der Waals surface area contributed by atoms with Crippen LogP contribution in [-0.4, -0.2) is 20.1 Å². The number of fused-ring (bicyclic) bond motifs is 1. The average Bonchev–Trinajstić information content (AvgIpc) is 3.17. The Hall–Kier alpha value is -1.57. The predicted molar refractivity (Wildman–Crippen MR) is 97.1 cm³/mol. The molecule has 1 aliphatic carbocycles. The molecule has 3 N–H and O–H groups in total. The summed E-state index contributed by atoms with van der Waals surface area (Å²) >= 11 is 1.72. The van der Waals surface area contributed by atoms with Crippen molar-refractivity contribution in [3.8, 4) is 0 Å². The van der Waals surface area contributed by atoms with Crippen LogP contribution in [0.1, 0.15) is 49.0 Å². The molecule has 1 aromatic carbocycles. The molecule has 6 nitrogen and oxygen atoms in total. The van der Waals surface area contributed by atoms with E-state index >= 15 is 0 Å². The second-order valence-corrected chi connectivity index (χ2v) is 7.44. The molecule has 3 aromatic rings. The zero-order valence-corrected chi connectivity index (χ0v) is 15.0. The van der Waals surface area contributed by atoms with Crippen molar-refractivity contribution in [2.45, 2.75) is 42.7 Å². The molecule has 1 aliphatic rings. The van der Waals surface area contributed by atoms with Crippen LogP contribution in [0.25, 0.3) is 11.0 Å². The smallest absolute Gasteiger partial charge is 0.236 e. The quantitative estimate of drug-likeness (QED) is 0.716. The van der Waals surface area contributed by atoms with E-state index in [1.54, 1.807) is 11.8 Å². The fraction of sp³-hybridized carbons (Fsp3) is 0.438. The van der Waals surface area contributed by atoms with Crippen LogP contribution in [0.3, 0.4) is 0 Å². The first kappa shape index (κ1) is 17.3. The van der Waals surface area contributed by atoms with E-state index in [4.69, 9.17) is 10.3 Å². The third kappa shape index (κ3) is 3.16. The van der Waals surface area contributed by atoms with E-state index in [2.05, 4.69) is 27.0 Å². The summed E-state index contributed by atoms with van der Waals surface area (Å²) in [6.45, 7) is 2.12. The van der Waals surface area contributed by atoms with Crippen molar-refractivity contribution in [3.63, 3.8) is 0 Å². The summed E-state index contributed by atoms with van der Waals surface area (Å²) in [6.07, 6.45) is 3.02. The molecule has 1 atom stereocenters. The van der Waals surface area contributed by atoms with Crippen molar-refractivity contribution in [1.82, 2.24) is 20.1 Å². The first-order valence-electron chi connectivity index (χ1n) is 7.82. The normalized spacial score (nSPS) is 17.2. The molecule has 4 rings (SSSR count). The summed E-state index contributed by atoms with van der Waals surface area (Å²) in [7, 11) is 0. The molecule has 0 amide bonds. The van der Waals surface area contributed by atoms with Crippen LogP contribution in [0.15, 0.2) is 28.8 Å². The number of nitrogens with zero attached hydrogens (tertiary/aromatic N) is 3. The first-order valence-corrected chi connectivity index (χ1v) is 8.87. The number of aromatic nitrogens is 4. The molecule has 0 aliphatic heterocycles. The average molecular weight is 366 g/mol. The van der Waals surface area contributed by atoms with Crippen molar-refractivity contribution in [2.75, 3.05) is 0 Å². The van der Waals surface area contributed by atoms with Gasteiger partial charge in [-0.05, 0) is 38.3 Å². The van der Waals surface area contributed by atoms with Gasteiger partial charge in [0.15, 0.2) is 5.82 Å². The Kier molecular flexibility index (Phi) is 4.85. The van der Waals surface area contributed by atoms with Crippen molar-refractivity contribution in [3.05, 3.63) is 41.8 Å². The van der Waals surface area contributed by atoms with Gasteiger partial charge in [0.2, 0.25) is 5.89 Å². The lowest BCUT2D eigenvalue weighted by atomic mass is 9.77. The molecular weight excluding hydrogens is 346 g/mol. The minimum Gasteiger partial charge on any atom is -0.341 e. The number of H-pyrrole nitrogens is 1. The molecular formula is C16H20ClN5OS. The number of thioether (sulfide) groups is 1. The van der Waals surface area contributed by atoms with E-state index in [0.29, 0.717) is 17.5 Å². The van der Waals surface area contributed by atoms with Gasteiger partial charge in [0.25, 0.3) is 0 Å². The highest BCUT2D eigenvalue weighted by Crippen LogP contribution is 2.37. The zero-order valence-electron chi connectivity index (χ0n) is 13.4. The minimum absolute atomic E-state index is 0. The lowest BCUT2D eigenvalue weighted by Crippen LogP contribution is -2.44. The van der Waals surface area contributed by atoms with Gasteiger partial charge in [-0.2, -0.15) is 4.98 Å². The van der Waals surface area contributed by atoms with Crippen LogP contribution < -0.4 is 5.73 Å². The topological polar surface area (TPSA) is 93.6 Å². The highest BCUT2D eigenvalue weighted by molar-refractivity contribution is 7.98. The summed E-state index contributed by atoms with van der Waals surface area (Å²) in [5, 5.41) is 4.26. The Morgan fingerprint density at radius 2 is 2.12 bits per heavy atom. The lowest BCUT2D eigenvalue weighted by molar-refractivity contribution is 0.229. The van der Waals surface area contributed by atoms with Gasteiger partial charge in [0.05, 0.1) is 27.6 Å². The van der Waals surface area contributed by atoms with Gasteiger partial charge in [-0.15, -0.1) is 24.2 Å². The molecule has 1 saturated carbocycles. The number of nitrogens with one attached hydrogen (secondary N) is 1. The summed E-state index contributed by atoms with van der Waals surface area (Å²) in [6, 6.07) is 8.04. The number of halogens is 1.